The van der Waals surface area contributed by atoms with Gasteiger partial charge in [-0.25, -0.2) is 17.7 Å². The number of rotatable bonds is 5. The third-order valence-electron chi connectivity index (χ3n) is 4.54. The van der Waals surface area contributed by atoms with E-state index < -0.39 is 10.0 Å². The molecule has 1 aromatic heterocycles. The zero-order valence-corrected chi connectivity index (χ0v) is 17.1. The Kier molecular flexibility index (Phi) is 5.25. The molecule has 1 aliphatic rings. The molecular formula is C19H16ClN3O3S2. The average molecular weight is 434 g/mol. The number of hydrogen-bond acceptors (Lipinski definition) is 6. The van der Waals surface area contributed by atoms with Gasteiger partial charge in [0.2, 0.25) is 5.13 Å². The van der Waals surface area contributed by atoms with Crippen molar-refractivity contribution < 1.29 is 13.2 Å². The lowest BCUT2D eigenvalue weighted by atomic mass is 10.2. The zero-order chi connectivity index (χ0) is 19.7. The van der Waals surface area contributed by atoms with E-state index >= 15 is 0 Å². The van der Waals surface area contributed by atoms with E-state index in [2.05, 4.69) is 4.98 Å². The van der Waals surface area contributed by atoms with Gasteiger partial charge in [-0.15, -0.1) is 0 Å². The number of nitriles is 1. The van der Waals surface area contributed by atoms with Gasteiger partial charge in [-0.2, -0.15) is 5.26 Å². The van der Waals surface area contributed by atoms with Gasteiger partial charge in [0.15, 0.2) is 0 Å². The van der Waals surface area contributed by atoms with Crippen molar-refractivity contribution >= 4 is 48.3 Å². The molecule has 0 aliphatic carbocycles. The van der Waals surface area contributed by atoms with Crippen LogP contribution < -0.4 is 4.31 Å². The van der Waals surface area contributed by atoms with Gasteiger partial charge in [0, 0.05) is 6.61 Å². The molecule has 6 nitrogen and oxygen atoms in total. The number of benzene rings is 2. The van der Waals surface area contributed by atoms with Crippen LogP contribution in [0.5, 0.6) is 0 Å². The highest BCUT2D eigenvalue weighted by Crippen LogP contribution is 2.34. The van der Waals surface area contributed by atoms with E-state index in [1.54, 1.807) is 0 Å². The molecule has 1 aliphatic heterocycles. The summed E-state index contributed by atoms with van der Waals surface area (Å²) in [6, 6.07) is 13.6. The van der Waals surface area contributed by atoms with Crippen molar-refractivity contribution in [1.82, 2.24) is 4.98 Å². The molecule has 0 saturated carbocycles. The Bertz CT molecular complexity index is 1130. The van der Waals surface area contributed by atoms with E-state index in [0.717, 1.165) is 23.1 Å². The summed E-state index contributed by atoms with van der Waals surface area (Å²) in [4.78, 5) is 4.53. The number of halogens is 1. The minimum Gasteiger partial charge on any atom is -0.376 e. The van der Waals surface area contributed by atoms with Crippen LogP contribution in [-0.4, -0.2) is 32.7 Å². The number of sulfonamides is 1. The normalized spacial score (nSPS) is 16.9. The summed E-state index contributed by atoms with van der Waals surface area (Å²) in [5, 5.41) is 9.81. The van der Waals surface area contributed by atoms with Crippen LogP contribution in [-0.2, 0) is 14.8 Å². The SMILES string of the molecule is N#Cc1cc(S(=O)(=O)N(C[C@H]2CCCO2)c2nc3ccccc3s2)ccc1Cl. The first-order valence-electron chi connectivity index (χ1n) is 8.68. The highest BCUT2D eigenvalue weighted by molar-refractivity contribution is 7.93. The van der Waals surface area contributed by atoms with Gasteiger partial charge in [-0.3, -0.25) is 0 Å². The third-order valence-corrected chi connectivity index (χ3v) is 7.79. The van der Waals surface area contributed by atoms with Gasteiger partial charge in [0.05, 0.1) is 38.3 Å². The first kappa shape index (κ1) is 19.2. The molecule has 4 rings (SSSR count). The molecule has 144 valence electrons. The molecule has 2 heterocycles. The van der Waals surface area contributed by atoms with Crippen LogP contribution in [0, 0.1) is 11.3 Å². The monoisotopic (exact) mass is 433 g/mol. The lowest BCUT2D eigenvalue weighted by molar-refractivity contribution is 0.118. The molecule has 2 aromatic carbocycles. The van der Waals surface area contributed by atoms with Crippen molar-refractivity contribution in [3.63, 3.8) is 0 Å². The average Bonchev–Trinajstić information content (AvgIpc) is 3.35. The fourth-order valence-electron chi connectivity index (χ4n) is 3.10. The quantitative estimate of drug-likeness (QED) is 0.602. The van der Waals surface area contributed by atoms with Gasteiger partial charge in [0.1, 0.15) is 6.07 Å². The number of ether oxygens (including phenoxy) is 1. The third kappa shape index (κ3) is 3.59. The smallest absolute Gasteiger partial charge is 0.266 e. The molecule has 0 amide bonds. The van der Waals surface area contributed by atoms with Crippen molar-refractivity contribution in [2.75, 3.05) is 17.5 Å². The highest BCUT2D eigenvalue weighted by Gasteiger charge is 2.32. The van der Waals surface area contributed by atoms with E-state index in [1.165, 1.54) is 33.8 Å². The number of anilines is 1. The molecule has 0 N–H and O–H groups in total. The molecule has 1 atom stereocenters. The molecule has 0 bridgehead atoms. The van der Waals surface area contributed by atoms with Crippen molar-refractivity contribution in [2.45, 2.75) is 23.8 Å². The Balaban J connectivity index is 1.80. The van der Waals surface area contributed by atoms with Crippen LogP contribution in [0.4, 0.5) is 5.13 Å². The predicted molar refractivity (Wildman–Crippen MR) is 109 cm³/mol. The lowest BCUT2D eigenvalue weighted by Crippen LogP contribution is -2.37. The van der Waals surface area contributed by atoms with Crippen LogP contribution in [0.2, 0.25) is 5.02 Å². The summed E-state index contributed by atoms with van der Waals surface area (Å²) in [7, 11) is -3.95. The summed E-state index contributed by atoms with van der Waals surface area (Å²) in [6.45, 7) is 0.796. The number of fused-ring (bicyclic) bond motifs is 1. The maximum atomic E-state index is 13.5. The van der Waals surface area contributed by atoms with Crippen molar-refractivity contribution in [3.05, 3.63) is 53.1 Å². The Hall–Kier alpha value is -2.18. The van der Waals surface area contributed by atoms with E-state index in [9.17, 15) is 13.7 Å². The maximum Gasteiger partial charge on any atom is 0.266 e. The van der Waals surface area contributed by atoms with Gasteiger partial charge in [0.25, 0.3) is 10.0 Å². The predicted octanol–water partition coefficient (Wildman–Crippen LogP) is 4.20. The summed E-state index contributed by atoms with van der Waals surface area (Å²) in [5.41, 5.74) is 0.855. The minimum atomic E-state index is -3.95. The summed E-state index contributed by atoms with van der Waals surface area (Å²) in [6.07, 6.45) is 1.50. The second-order valence-electron chi connectivity index (χ2n) is 6.39. The number of thiazole rings is 1. The van der Waals surface area contributed by atoms with Crippen molar-refractivity contribution in [1.29, 1.82) is 5.26 Å². The fraction of sp³-hybridized carbons (Fsp3) is 0.263. The summed E-state index contributed by atoms with van der Waals surface area (Å²) < 4.78 is 34.8. The molecule has 0 spiro atoms. The maximum absolute atomic E-state index is 13.5. The van der Waals surface area contributed by atoms with Crippen molar-refractivity contribution in [2.24, 2.45) is 0 Å². The van der Waals surface area contributed by atoms with Crippen LogP contribution in [0.15, 0.2) is 47.4 Å². The number of para-hydroxylation sites is 1. The van der Waals surface area contributed by atoms with E-state index in [-0.39, 0.29) is 28.1 Å². The lowest BCUT2D eigenvalue weighted by Gasteiger charge is -2.24. The molecule has 0 radical (unpaired) electrons. The Labute approximate surface area is 172 Å². The topological polar surface area (TPSA) is 83.3 Å². The fourth-order valence-corrected chi connectivity index (χ4v) is 5.91. The Morgan fingerprint density at radius 3 is 2.86 bits per heavy atom. The minimum absolute atomic E-state index is 0.00528. The molecule has 9 heteroatoms. The standard InChI is InChI=1S/C19H16ClN3O3S2/c20-16-8-7-15(10-13(16)11-21)28(24,25)23(12-14-4-3-9-26-14)19-22-17-5-1-2-6-18(17)27-19/h1-2,5-8,10,14H,3-4,9,12H2/t14-/m1/s1. The number of hydrogen-bond donors (Lipinski definition) is 0. The largest absolute Gasteiger partial charge is 0.376 e. The zero-order valence-electron chi connectivity index (χ0n) is 14.7. The van der Waals surface area contributed by atoms with Crippen LogP contribution >= 0.6 is 22.9 Å². The van der Waals surface area contributed by atoms with Crippen LogP contribution in [0.3, 0.4) is 0 Å². The number of aromatic nitrogens is 1. The van der Waals surface area contributed by atoms with Gasteiger partial charge in [-0.1, -0.05) is 35.1 Å². The second-order valence-corrected chi connectivity index (χ2v) is 9.67. The van der Waals surface area contributed by atoms with E-state index in [1.807, 2.05) is 30.3 Å². The van der Waals surface area contributed by atoms with Crippen LogP contribution in [0.1, 0.15) is 18.4 Å². The van der Waals surface area contributed by atoms with Crippen LogP contribution in [0.25, 0.3) is 10.2 Å². The van der Waals surface area contributed by atoms with E-state index in [4.69, 9.17) is 16.3 Å². The Morgan fingerprint density at radius 2 is 2.14 bits per heavy atom. The molecule has 1 saturated heterocycles. The second kappa shape index (κ2) is 7.68. The Morgan fingerprint density at radius 1 is 1.32 bits per heavy atom. The van der Waals surface area contributed by atoms with Gasteiger partial charge in [-0.05, 0) is 43.2 Å². The summed E-state index contributed by atoms with van der Waals surface area (Å²) >= 11 is 7.29. The molecule has 1 fully saturated rings. The molecule has 3 aromatic rings. The molecule has 28 heavy (non-hydrogen) atoms. The van der Waals surface area contributed by atoms with Crippen molar-refractivity contribution in [3.8, 4) is 6.07 Å². The van der Waals surface area contributed by atoms with E-state index in [0.29, 0.717) is 11.7 Å². The van der Waals surface area contributed by atoms with Gasteiger partial charge < -0.3 is 4.74 Å². The molecular weight excluding hydrogens is 418 g/mol. The highest BCUT2D eigenvalue weighted by atomic mass is 35.5. The first-order chi connectivity index (χ1) is 13.5. The first-order valence-corrected chi connectivity index (χ1v) is 11.3. The number of nitrogens with zero attached hydrogens (tertiary/aromatic N) is 3. The van der Waals surface area contributed by atoms with Gasteiger partial charge >= 0.3 is 0 Å². The summed E-state index contributed by atoms with van der Waals surface area (Å²) in [5.74, 6) is 0. The molecule has 0 unspecified atom stereocenters.